The maximum Gasteiger partial charge on any atom is 0.310 e. The Morgan fingerprint density at radius 2 is 2.28 bits per heavy atom. The standard InChI is InChI=1S/C11H14N4O3/c16-10(3-4-15-7-12-6-13-15)14-9-2-1-8(5-9)11(17)18/h1-2,6-9H,3-5H2,(H,14,16)(H,17,18). The van der Waals surface area contributed by atoms with Crippen molar-refractivity contribution in [3.63, 3.8) is 0 Å². The third-order valence-electron chi connectivity index (χ3n) is 2.78. The number of carbonyl (C=O) groups excluding carboxylic acids is 1. The van der Waals surface area contributed by atoms with Crippen LogP contribution in [0.25, 0.3) is 0 Å². The van der Waals surface area contributed by atoms with Crippen molar-refractivity contribution in [2.24, 2.45) is 5.92 Å². The summed E-state index contributed by atoms with van der Waals surface area (Å²) in [4.78, 5) is 26.1. The van der Waals surface area contributed by atoms with Gasteiger partial charge in [0.2, 0.25) is 5.91 Å². The molecule has 0 saturated carbocycles. The van der Waals surface area contributed by atoms with E-state index in [-0.39, 0.29) is 11.9 Å². The number of carboxylic acids is 1. The normalized spacial score (nSPS) is 22.0. The Balaban J connectivity index is 1.72. The van der Waals surface area contributed by atoms with E-state index in [2.05, 4.69) is 15.4 Å². The largest absolute Gasteiger partial charge is 0.481 e. The zero-order valence-electron chi connectivity index (χ0n) is 9.69. The number of aryl methyl sites for hydroxylation is 1. The highest BCUT2D eigenvalue weighted by atomic mass is 16.4. The van der Waals surface area contributed by atoms with Gasteiger partial charge in [-0.2, -0.15) is 5.10 Å². The Kier molecular flexibility index (Phi) is 3.71. The van der Waals surface area contributed by atoms with Crippen molar-refractivity contribution < 1.29 is 14.7 Å². The van der Waals surface area contributed by atoms with Gasteiger partial charge in [-0.1, -0.05) is 12.2 Å². The van der Waals surface area contributed by atoms with Crippen LogP contribution in [0.3, 0.4) is 0 Å². The minimum Gasteiger partial charge on any atom is -0.481 e. The number of hydrogen-bond acceptors (Lipinski definition) is 4. The van der Waals surface area contributed by atoms with Crippen LogP contribution in [0.5, 0.6) is 0 Å². The second-order valence-electron chi connectivity index (χ2n) is 4.15. The molecule has 0 aromatic carbocycles. The van der Waals surface area contributed by atoms with Crippen molar-refractivity contribution >= 4 is 11.9 Å². The lowest BCUT2D eigenvalue weighted by atomic mass is 10.1. The van der Waals surface area contributed by atoms with E-state index in [4.69, 9.17) is 5.11 Å². The van der Waals surface area contributed by atoms with E-state index in [1.54, 1.807) is 23.2 Å². The Morgan fingerprint density at radius 3 is 2.89 bits per heavy atom. The molecule has 7 heteroatoms. The van der Waals surface area contributed by atoms with Crippen molar-refractivity contribution in [1.29, 1.82) is 0 Å². The summed E-state index contributed by atoms with van der Waals surface area (Å²) in [6.07, 6.45) is 7.02. The van der Waals surface area contributed by atoms with E-state index in [9.17, 15) is 9.59 Å². The van der Waals surface area contributed by atoms with Crippen LogP contribution >= 0.6 is 0 Å². The predicted octanol–water partition coefficient (Wildman–Crippen LogP) is -0.186. The van der Waals surface area contributed by atoms with Crippen molar-refractivity contribution in [1.82, 2.24) is 20.1 Å². The molecule has 0 spiro atoms. The summed E-state index contributed by atoms with van der Waals surface area (Å²) >= 11 is 0. The molecule has 2 rings (SSSR count). The molecule has 1 amide bonds. The minimum absolute atomic E-state index is 0.119. The smallest absolute Gasteiger partial charge is 0.310 e. The van der Waals surface area contributed by atoms with Gasteiger partial charge >= 0.3 is 5.97 Å². The number of carboxylic acid groups (broad SMARTS) is 1. The highest BCUT2D eigenvalue weighted by Crippen LogP contribution is 2.17. The molecule has 1 heterocycles. The molecule has 96 valence electrons. The summed E-state index contributed by atoms with van der Waals surface area (Å²) in [6.45, 7) is 0.463. The van der Waals surface area contributed by atoms with Crippen LogP contribution in [0.4, 0.5) is 0 Å². The van der Waals surface area contributed by atoms with E-state index < -0.39 is 11.9 Å². The van der Waals surface area contributed by atoms with Gasteiger partial charge in [-0.3, -0.25) is 14.3 Å². The number of rotatable bonds is 5. The van der Waals surface area contributed by atoms with E-state index in [1.807, 2.05) is 0 Å². The lowest BCUT2D eigenvalue weighted by Gasteiger charge is -2.11. The third-order valence-corrected chi connectivity index (χ3v) is 2.78. The minimum atomic E-state index is -0.856. The second kappa shape index (κ2) is 5.44. The van der Waals surface area contributed by atoms with Crippen LogP contribution in [0.2, 0.25) is 0 Å². The van der Waals surface area contributed by atoms with Gasteiger partial charge in [0.05, 0.1) is 12.5 Å². The predicted molar refractivity (Wildman–Crippen MR) is 61.5 cm³/mol. The maximum absolute atomic E-state index is 11.6. The average molecular weight is 250 g/mol. The fourth-order valence-corrected chi connectivity index (χ4v) is 1.83. The lowest BCUT2D eigenvalue weighted by molar-refractivity contribution is -0.140. The molecular weight excluding hydrogens is 236 g/mol. The van der Waals surface area contributed by atoms with Crippen molar-refractivity contribution in [2.45, 2.75) is 25.4 Å². The first-order chi connectivity index (χ1) is 8.65. The summed E-state index contributed by atoms with van der Waals surface area (Å²) in [7, 11) is 0. The molecule has 0 fully saturated rings. The van der Waals surface area contributed by atoms with Crippen molar-refractivity contribution in [3.8, 4) is 0 Å². The highest BCUT2D eigenvalue weighted by Gasteiger charge is 2.25. The van der Waals surface area contributed by atoms with E-state index in [1.165, 1.54) is 6.33 Å². The summed E-state index contributed by atoms with van der Waals surface area (Å²) in [6, 6.07) is -0.186. The quantitative estimate of drug-likeness (QED) is 0.706. The monoisotopic (exact) mass is 250 g/mol. The van der Waals surface area contributed by atoms with Crippen LogP contribution in [-0.4, -0.2) is 37.8 Å². The second-order valence-corrected chi connectivity index (χ2v) is 4.15. The van der Waals surface area contributed by atoms with Gasteiger partial charge in [0.15, 0.2) is 0 Å². The molecule has 1 aliphatic rings. The number of carbonyl (C=O) groups is 2. The third kappa shape index (κ3) is 3.16. The number of amides is 1. The van der Waals surface area contributed by atoms with Gasteiger partial charge in [-0.15, -0.1) is 0 Å². The van der Waals surface area contributed by atoms with Crippen LogP contribution in [0, 0.1) is 5.92 Å². The van der Waals surface area contributed by atoms with Crippen LogP contribution in [0.15, 0.2) is 24.8 Å². The van der Waals surface area contributed by atoms with Crippen molar-refractivity contribution in [3.05, 3.63) is 24.8 Å². The molecule has 0 aliphatic heterocycles. The van der Waals surface area contributed by atoms with Crippen LogP contribution in [-0.2, 0) is 16.1 Å². The van der Waals surface area contributed by atoms with E-state index in [0.29, 0.717) is 19.4 Å². The molecular formula is C11H14N4O3. The first kappa shape index (κ1) is 12.3. The summed E-state index contributed by atoms with van der Waals surface area (Å²) in [5, 5.41) is 15.5. The number of hydrogen-bond donors (Lipinski definition) is 2. The highest BCUT2D eigenvalue weighted by molar-refractivity contribution is 5.77. The first-order valence-corrected chi connectivity index (χ1v) is 5.68. The molecule has 2 atom stereocenters. The summed E-state index contributed by atoms with van der Waals surface area (Å²) < 4.78 is 1.57. The number of nitrogens with one attached hydrogen (secondary N) is 1. The molecule has 2 unspecified atom stereocenters. The molecule has 0 bridgehead atoms. The molecule has 7 nitrogen and oxygen atoms in total. The molecule has 18 heavy (non-hydrogen) atoms. The summed E-state index contributed by atoms with van der Waals surface area (Å²) in [5.41, 5.74) is 0. The van der Waals surface area contributed by atoms with Crippen LogP contribution < -0.4 is 5.32 Å². The number of nitrogens with zero attached hydrogens (tertiary/aromatic N) is 3. The summed E-state index contributed by atoms with van der Waals surface area (Å²) in [5.74, 6) is -1.47. The van der Waals surface area contributed by atoms with Gasteiger partial charge < -0.3 is 10.4 Å². The zero-order chi connectivity index (χ0) is 13.0. The Hall–Kier alpha value is -2.18. The number of aliphatic carboxylic acids is 1. The van der Waals surface area contributed by atoms with Gasteiger partial charge in [0.25, 0.3) is 0 Å². The average Bonchev–Trinajstić information content (AvgIpc) is 2.96. The maximum atomic E-state index is 11.6. The Bertz CT molecular complexity index is 455. The number of aromatic nitrogens is 3. The molecule has 1 aliphatic carbocycles. The first-order valence-electron chi connectivity index (χ1n) is 5.68. The van der Waals surface area contributed by atoms with Gasteiger partial charge in [-0.05, 0) is 6.42 Å². The van der Waals surface area contributed by atoms with Crippen LogP contribution in [0.1, 0.15) is 12.8 Å². The fraction of sp³-hybridized carbons (Fsp3) is 0.455. The fourth-order valence-electron chi connectivity index (χ4n) is 1.83. The Morgan fingerprint density at radius 1 is 1.44 bits per heavy atom. The SMILES string of the molecule is O=C(CCn1cncn1)NC1C=CC(C(=O)O)C1. The molecule has 2 N–H and O–H groups in total. The van der Waals surface area contributed by atoms with Gasteiger partial charge in [-0.25, -0.2) is 4.98 Å². The van der Waals surface area contributed by atoms with E-state index in [0.717, 1.165) is 0 Å². The van der Waals surface area contributed by atoms with Gasteiger partial charge in [0.1, 0.15) is 12.7 Å². The zero-order valence-corrected chi connectivity index (χ0v) is 9.69. The lowest BCUT2D eigenvalue weighted by Crippen LogP contribution is -2.33. The molecule has 0 saturated heterocycles. The topological polar surface area (TPSA) is 97.1 Å². The molecule has 0 radical (unpaired) electrons. The van der Waals surface area contributed by atoms with E-state index >= 15 is 0 Å². The molecule has 1 aromatic heterocycles. The van der Waals surface area contributed by atoms with Gasteiger partial charge in [0, 0.05) is 12.5 Å². The molecule has 1 aromatic rings. The van der Waals surface area contributed by atoms with Crippen molar-refractivity contribution in [2.75, 3.05) is 0 Å². The Labute approximate surface area is 104 Å².